The minimum Gasteiger partial charge on any atom is -0.378 e. The molecule has 1 fully saturated rings. The Hall–Kier alpha value is -1.73. The fourth-order valence-corrected chi connectivity index (χ4v) is 3.17. The summed E-state index contributed by atoms with van der Waals surface area (Å²) in [6, 6.07) is 3.88. The van der Waals surface area contributed by atoms with E-state index in [0.29, 0.717) is 17.8 Å². The summed E-state index contributed by atoms with van der Waals surface area (Å²) in [6.45, 7) is 2.68. The Morgan fingerprint density at radius 2 is 2.35 bits per heavy atom. The van der Waals surface area contributed by atoms with Crippen LogP contribution in [0.1, 0.15) is 19.8 Å². The lowest BCUT2D eigenvalue weighted by molar-refractivity contribution is -0.382. The largest absolute Gasteiger partial charge is 0.378 e. The maximum atomic E-state index is 11.3. The molecule has 0 unspecified atom stereocenters. The van der Waals surface area contributed by atoms with Crippen LogP contribution in [-0.2, 0) is 4.74 Å². The van der Waals surface area contributed by atoms with Gasteiger partial charge in [-0.2, -0.15) is 0 Å². The molecular formula is C13H15N3O3S. The van der Waals surface area contributed by atoms with Gasteiger partial charge in [0.25, 0.3) is 0 Å². The third-order valence-electron chi connectivity index (χ3n) is 3.52. The van der Waals surface area contributed by atoms with Crippen molar-refractivity contribution >= 4 is 32.9 Å². The molecule has 0 aliphatic heterocycles. The van der Waals surface area contributed by atoms with E-state index in [-0.39, 0.29) is 22.8 Å². The number of nitro benzene ring substituents is 1. The molecule has 1 aliphatic rings. The van der Waals surface area contributed by atoms with Crippen molar-refractivity contribution in [1.29, 1.82) is 0 Å². The molecule has 0 radical (unpaired) electrons. The summed E-state index contributed by atoms with van der Waals surface area (Å²) in [5, 5.41) is 14.5. The Balaban J connectivity index is 1.81. The monoisotopic (exact) mass is 293 g/mol. The minimum atomic E-state index is -0.358. The van der Waals surface area contributed by atoms with Crippen LogP contribution in [0.5, 0.6) is 0 Å². The number of thiazole rings is 1. The van der Waals surface area contributed by atoms with Crippen LogP contribution in [-0.4, -0.2) is 28.7 Å². The summed E-state index contributed by atoms with van der Waals surface area (Å²) >= 11 is 1.41. The summed E-state index contributed by atoms with van der Waals surface area (Å²) in [7, 11) is 0. The van der Waals surface area contributed by atoms with Crippen LogP contribution < -0.4 is 5.32 Å². The summed E-state index contributed by atoms with van der Waals surface area (Å²) in [4.78, 5) is 15.0. The molecule has 1 N–H and O–H groups in total. The van der Waals surface area contributed by atoms with Gasteiger partial charge in [-0.05, 0) is 31.9 Å². The number of anilines is 1. The van der Waals surface area contributed by atoms with Crippen molar-refractivity contribution in [2.24, 2.45) is 0 Å². The zero-order chi connectivity index (χ0) is 14.1. The molecule has 1 heterocycles. The molecule has 1 aromatic heterocycles. The number of rotatable bonds is 5. The summed E-state index contributed by atoms with van der Waals surface area (Å²) in [5.74, 6) is 0. The second-order valence-electron chi connectivity index (χ2n) is 4.81. The van der Waals surface area contributed by atoms with E-state index < -0.39 is 0 Å². The molecule has 0 bridgehead atoms. The normalized spacial score (nSPS) is 21.6. The van der Waals surface area contributed by atoms with E-state index in [9.17, 15) is 10.1 Å². The molecule has 1 saturated carbocycles. The lowest BCUT2D eigenvalue weighted by atomic mass is 9.89. The molecule has 0 atom stereocenters. The molecule has 3 rings (SSSR count). The number of hydrogen-bond donors (Lipinski definition) is 1. The lowest BCUT2D eigenvalue weighted by Crippen LogP contribution is -2.40. The Bertz CT molecular complexity index is 637. The summed E-state index contributed by atoms with van der Waals surface area (Å²) in [5.41, 5.74) is 2.72. The first-order chi connectivity index (χ1) is 9.69. The zero-order valence-electron chi connectivity index (χ0n) is 11.0. The maximum absolute atomic E-state index is 11.3. The molecule has 20 heavy (non-hydrogen) atoms. The standard InChI is InChI=1S/C13H15N3O3S/c1-2-19-9-5-8(6-9)15-10-3-4-11-12(14-7-20-11)13(10)16(17)18/h3-4,7-9,15H,2,5-6H2,1H3. The van der Waals surface area contributed by atoms with E-state index in [1.165, 1.54) is 11.3 Å². The lowest BCUT2D eigenvalue weighted by Gasteiger charge is -2.35. The fraction of sp³-hybridized carbons (Fsp3) is 0.462. The summed E-state index contributed by atoms with van der Waals surface area (Å²) < 4.78 is 6.33. The fourth-order valence-electron chi connectivity index (χ4n) is 2.49. The van der Waals surface area contributed by atoms with Gasteiger partial charge in [-0.25, -0.2) is 4.98 Å². The van der Waals surface area contributed by atoms with Crippen LogP contribution in [0.2, 0.25) is 0 Å². The van der Waals surface area contributed by atoms with E-state index in [0.717, 1.165) is 17.5 Å². The molecule has 1 aliphatic carbocycles. The Labute approximate surface area is 119 Å². The molecule has 6 nitrogen and oxygen atoms in total. The van der Waals surface area contributed by atoms with E-state index >= 15 is 0 Å². The van der Waals surface area contributed by atoms with E-state index in [1.54, 1.807) is 11.6 Å². The molecule has 0 amide bonds. The molecule has 106 valence electrons. The van der Waals surface area contributed by atoms with Crippen LogP contribution in [0.4, 0.5) is 11.4 Å². The second kappa shape index (κ2) is 5.34. The number of ether oxygens (including phenoxy) is 1. The number of aromatic nitrogens is 1. The van der Waals surface area contributed by atoms with Crippen LogP contribution in [0.3, 0.4) is 0 Å². The molecule has 1 aromatic carbocycles. The predicted molar refractivity (Wildman–Crippen MR) is 78.3 cm³/mol. The van der Waals surface area contributed by atoms with Gasteiger partial charge in [-0.15, -0.1) is 11.3 Å². The van der Waals surface area contributed by atoms with Crippen molar-refractivity contribution in [2.75, 3.05) is 11.9 Å². The number of nitrogens with zero attached hydrogens (tertiary/aromatic N) is 2. The number of hydrogen-bond acceptors (Lipinski definition) is 6. The van der Waals surface area contributed by atoms with Crippen LogP contribution in [0.15, 0.2) is 17.6 Å². The highest BCUT2D eigenvalue weighted by molar-refractivity contribution is 7.16. The van der Waals surface area contributed by atoms with Crippen molar-refractivity contribution in [3.05, 3.63) is 27.8 Å². The van der Waals surface area contributed by atoms with Gasteiger partial charge < -0.3 is 10.1 Å². The van der Waals surface area contributed by atoms with Crippen molar-refractivity contribution in [3.8, 4) is 0 Å². The van der Waals surface area contributed by atoms with Gasteiger partial charge in [-0.1, -0.05) is 0 Å². The number of nitrogens with one attached hydrogen (secondary N) is 1. The average molecular weight is 293 g/mol. The van der Waals surface area contributed by atoms with Crippen molar-refractivity contribution in [3.63, 3.8) is 0 Å². The van der Waals surface area contributed by atoms with Crippen molar-refractivity contribution < 1.29 is 9.66 Å². The molecule has 0 saturated heterocycles. The van der Waals surface area contributed by atoms with Crippen molar-refractivity contribution in [1.82, 2.24) is 4.98 Å². The first kappa shape index (κ1) is 13.3. The van der Waals surface area contributed by atoms with Gasteiger partial charge in [0.1, 0.15) is 5.69 Å². The Kier molecular flexibility index (Phi) is 3.54. The number of benzene rings is 1. The zero-order valence-corrected chi connectivity index (χ0v) is 11.9. The topological polar surface area (TPSA) is 77.3 Å². The van der Waals surface area contributed by atoms with Gasteiger partial charge in [0, 0.05) is 12.6 Å². The third-order valence-corrected chi connectivity index (χ3v) is 4.31. The predicted octanol–water partition coefficient (Wildman–Crippen LogP) is 3.18. The summed E-state index contributed by atoms with van der Waals surface area (Å²) in [6.07, 6.45) is 2.06. The third kappa shape index (κ3) is 2.34. The Morgan fingerprint density at radius 3 is 3.05 bits per heavy atom. The molecular weight excluding hydrogens is 278 g/mol. The van der Waals surface area contributed by atoms with Gasteiger partial charge in [0.15, 0.2) is 5.52 Å². The average Bonchev–Trinajstić information content (AvgIpc) is 2.83. The van der Waals surface area contributed by atoms with E-state index in [2.05, 4.69) is 10.3 Å². The van der Waals surface area contributed by atoms with Crippen molar-refractivity contribution in [2.45, 2.75) is 31.9 Å². The smallest absolute Gasteiger partial charge is 0.319 e. The van der Waals surface area contributed by atoms with E-state index in [4.69, 9.17) is 4.74 Å². The quantitative estimate of drug-likeness (QED) is 0.676. The van der Waals surface area contributed by atoms with Crippen LogP contribution >= 0.6 is 11.3 Å². The van der Waals surface area contributed by atoms with Gasteiger partial charge in [-0.3, -0.25) is 10.1 Å². The Morgan fingerprint density at radius 1 is 1.55 bits per heavy atom. The first-order valence-electron chi connectivity index (χ1n) is 6.57. The number of fused-ring (bicyclic) bond motifs is 1. The van der Waals surface area contributed by atoms with Crippen LogP contribution in [0, 0.1) is 10.1 Å². The highest BCUT2D eigenvalue weighted by Crippen LogP contribution is 2.36. The highest BCUT2D eigenvalue weighted by atomic mass is 32.1. The highest BCUT2D eigenvalue weighted by Gasteiger charge is 2.31. The number of nitro groups is 1. The minimum absolute atomic E-state index is 0.0728. The molecule has 0 spiro atoms. The van der Waals surface area contributed by atoms with Gasteiger partial charge in [0.2, 0.25) is 0 Å². The van der Waals surface area contributed by atoms with Gasteiger partial charge in [0.05, 0.1) is 21.2 Å². The second-order valence-corrected chi connectivity index (χ2v) is 5.69. The first-order valence-corrected chi connectivity index (χ1v) is 7.45. The maximum Gasteiger partial charge on any atom is 0.319 e. The molecule has 7 heteroatoms. The SMILES string of the molecule is CCOC1CC(Nc2ccc3scnc3c2[N+](=O)[O-])C1. The van der Waals surface area contributed by atoms with Crippen LogP contribution in [0.25, 0.3) is 10.2 Å². The molecule has 2 aromatic rings. The van der Waals surface area contributed by atoms with E-state index in [1.807, 2.05) is 13.0 Å². The van der Waals surface area contributed by atoms with Gasteiger partial charge >= 0.3 is 5.69 Å².